The predicted octanol–water partition coefficient (Wildman–Crippen LogP) is -0.747. The smallest absolute Gasteiger partial charge is 0.344 e. The fraction of sp³-hybridized carbons (Fsp3) is 0.517. The van der Waals surface area contributed by atoms with Gasteiger partial charge in [-0.2, -0.15) is 4.99 Å². The SMILES string of the molecule is CCC(=O)NCCNC(=O)/N=C(/N)NCCC[C@@H](NC(=O)[C@H](c1ccccc1)c1ccc(NCCCNC(=O)[C@H](N)CCCCNC(=O)CN2CCN(CC(=O)O)CCN(CC(=O)O)CCN(CC(=O)O)CC2)cc1)C(=O)NCc1ccc(O)cc1. The van der Waals surface area contributed by atoms with Crippen molar-refractivity contribution in [3.63, 3.8) is 0 Å². The molecule has 0 radical (unpaired) electrons. The molecule has 3 aromatic carbocycles. The van der Waals surface area contributed by atoms with Gasteiger partial charge >= 0.3 is 23.9 Å². The number of unbranched alkanes of at least 4 members (excludes halogenated alkanes) is 1. The Bertz CT molecular complexity index is 2620. The van der Waals surface area contributed by atoms with Gasteiger partial charge in [-0.05, 0) is 79.5 Å². The van der Waals surface area contributed by atoms with Crippen LogP contribution in [0, 0.1) is 0 Å². The van der Waals surface area contributed by atoms with E-state index in [4.69, 9.17) is 11.5 Å². The number of aliphatic carboxylic acids is 3. The van der Waals surface area contributed by atoms with Gasteiger partial charge < -0.3 is 74.4 Å². The number of aromatic hydroxyl groups is 1. The van der Waals surface area contributed by atoms with Crippen LogP contribution in [0.4, 0.5) is 10.5 Å². The number of phenols is 1. The molecule has 3 atom stereocenters. The Balaban J connectivity index is 1.23. The summed E-state index contributed by atoms with van der Waals surface area (Å²) in [6.45, 7) is 5.11. The molecular weight excluding hydrogens is 1110 g/mol. The number of aliphatic imine (C=N–C) groups is 1. The lowest BCUT2D eigenvalue weighted by molar-refractivity contribution is -0.140. The number of urea groups is 1. The van der Waals surface area contributed by atoms with Crippen LogP contribution in [0.3, 0.4) is 0 Å². The Labute approximate surface area is 501 Å². The first-order valence-electron chi connectivity index (χ1n) is 29.0. The zero-order valence-corrected chi connectivity index (χ0v) is 49.0. The lowest BCUT2D eigenvalue weighted by Gasteiger charge is -2.32. The maximum atomic E-state index is 14.4. The third-order valence-corrected chi connectivity index (χ3v) is 13.9. The zero-order chi connectivity index (χ0) is 62.6. The van der Waals surface area contributed by atoms with Gasteiger partial charge in [0.2, 0.25) is 29.5 Å². The number of carboxylic acid groups (broad SMARTS) is 3. The number of carbonyl (C=O) groups is 9. The summed E-state index contributed by atoms with van der Waals surface area (Å²) in [6.07, 6.45) is 2.91. The summed E-state index contributed by atoms with van der Waals surface area (Å²) in [5.74, 6) is -5.59. The number of hydrogen-bond acceptors (Lipinski definition) is 16. The molecule has 1 saturated heterocycles. The molecule has 0 unspecified atom stereocenters. The minimum atomic E-state index is -1.04. The first-order valence-corrected chi connectivity index (χ1v) is 29.0. The Kier molecular flexibility index (Phi) is 32.0. The number of guanidine groups is 1. The standard InChI is InChI=1S/C58H87N15O13/c1-2-48(75)63-26-27-66-58(86)69-57(60)65-23-8-13-47(55(84)67-36-41-14-20-45(74)21-15-41)68-56(85)53(42-10-4-3-5-11-42)43-16-18-44(19-17-43)61-24-9-25-64-54(83)46(59)12-6-7-22-62-49(76)37-70-28-30-71(38-50(77)78)32-34-73(40-52(81)82)35-33-72(31-29-70)39-51(79)80/h3-5,10-11,14-21,46-47,53,61,74H,2,6-9,12-13,22-40,59H2,1H3,(H,62,76)(H,63,75)(H,64,83)(H,67,84)(H,68,85)(H,77,78)(H,79,80)(H,81,82)(H4,60,65,66,69,86)/t46-,47-,53-/m1/s1. The second-order valence-corrected chi connectivity index (χ2v) is 20.7. The number of nitrogens with one attached hydrogen (secondary N) is 8. The maximum absolute atomic E-state index is 14.4. The van der Waals surface area contributed by atoms with Gasteiger partial charge in [-0.25, -0.2) is 4.79 Å². The molecule has 7 amide bonds. The molecule has 0 aliphatic carbocycles. The molecule has 1 aliphatic heterocycles. The number of phenolic OH excluding ortho intramolecular Hbond substituents is 1. The molecule has 28 heteroatoms. The number of benzene rings is 3. The summed E-state index contributed by atoms with van der Waals surface area (Å²) >= 11 is 0. The van der Waals surface area contributed by atoms with Crippen molar-refractivity contribution < 1.29 is 63.6 Å². The van der Waals surface area contributed by atoms with Crippen molar-refractivity contribution in [2.24, 2.45) is 16.5 Å². The predicted molar refractivity (Wildman–Crippen MR) is 322 cm³/mol. The Morgan fingerprint density at radius 3 is 1.62 bits per heavy atom. The normalized spacial score (nSPS) is 15.0. The third-order valence-electron chi connectivity index (χ3n) is 13.9. The van der Waals surface area contributed by atoms with E-state index in [1.807, 2.05) is 59.5 Å². The molecule has 0 saturated carbocycles. The number of hydrogen-bond donors (Lipinski definition) is 14. The van der Waals surface area contributed by atoms with Gasteiger partial charge in [0.15, 0.2) is 5.96 Å². The van der Waals surface area contributed by atoms with E-state index in [2.05, 4.69) is 47.5 Å². The fourth-order valence-corrected chi connectivity index (χ4v) is 9.15. The largest absolute Gasteiger partial charge is 0.508 e. The van der Waals surface area contributed by atoms with Gasteiger partial charge in [-0.1, -0.05) is 61.5 Å². The van der Waals surface area contributed by atoms with E-state index < -0.39 is 53.8 Å². The van der Waals surface area contributed by atoms with Crippen LogP contribution in [-0.2, 0) is 44.9 Å². The molecule has 86 heavy (non-hydrogen) atoms. The Morgan fingerprint density at radius 2 is 1.05 bits per heavy atom. The molecular formula is C58H87N15O13. The fourth-order valence-electron chi connectivity index (χ4n) is 9.15. The molecule has 0 spiro atoms. The highest BCUT2D eigenvalue weighted by atomic mass is 16.4. The van der Waals surface area contributed by atoms with Gasteiger partial charge in [0.1, 0.15) is 11.8 Å². The van der Waals surface area contributed by atoms with Crippen LogP contribution in [0.1, 0.15) is 74.5 Å². The van der Waals surface area contributed by atoms with Crippen LogP contribution < -0.4 is 54.0 Å². The van der Waals surface area contributed by atoms with E-state index >= 15 is 0 Å². The van der Waals surface area contributed by atoms with Crippen molar-refractivity contribution in [3.8, 4) is 5.75 Å². The second kappa shape index (κ2) is 39.2. The summed E-state index contributed by atoms with van der Waals surface area (Å²) in [7, 11) is 0. The average Bonchev–Trinajstić information content (AvgIpc) is 2.39. The van der Waals surface area contributed by atoms with E-state index in [0.29, 0.717) is 82.4 Å². The van der Waals surface area contributed by atoms with Crippen LogP contribution in [0.5, 0.6) is 5.75 Å². The quantitative estimate of drug-likeness (QED) is 0.0199. The highest BCUT2D eigenvalue weighted by Gasteiger charge is 2.29. The second-order valence-electron chi connectivity index (χ2n) is 20.7. The number of anilines is 1. The molecule has 28 nitrogen and oxygen atoms in total. The van der Waals surface area contributed by atoms with Crippen LogP contribution >= 0.6 is 0 Å². The molecule has 472 valence electrons. The molecule has 16 N–H and O–H groups in total. The van der Waals surface area contributed by atoms with Crippen LogP contribution in [0.25, 0.3) is 0 Å². The molecule has 4 rings (SSSR count). The number of carbonyl (C=O) groups excluding carboxylic acids is 6. The highest BCUT2D eigenvalue weighted by molar-refractivity contribution is 5.93. The molecule has 0 aromatic heterocycles. The van der Waals surface area contributed by atoms with Gasteiger partial charge in [-0.3, -0.25) is 58.0 Å². The van der Waals surface area contributed by atoms with Gasteiger partial charge in [0.25, 0.3) is 0 Å². The summed E-state index contributed by atoms with van der Waals surface area (Å²) in [5, 5.41) is 61.1. The van der Waals surface area contributed by atoms with Gasteiger partial charge in [0, 0.05) is 110 Å². The van der Waals surface area contributed by atoms with Crippen molar-refractivity contribution in [1.29, 1.82) is 0 Å². The Hall–Kier alpha value is -8.44. The Morgan fingerprint density at radius 1 is 0.523 bits per heavy atom. The van der Waals surface area contributed by atoms with E-state index in [1.165, 1.54) is 12.1 Å². The summed E-state index contributed by atoms with van der Waals surface area (Å²) in [5.41, 5.74) is 15.0. The van der Waals surface area contributed by atoms with Crippen molar-refractivity contribution in [1.82, 2.24) is 56.8 Å². The molecule has 1 fully saturated rings. The van der Waals surface area contributed by atoms with Crippen molar-refractivity contribution in [2.75, 3.05) is 123 Å². The minimum absolute atomic E-state index is 0.00926. The first kappa shape index (κ1) is 70.0. The van der Waals surface area contributed by atoms with Crippen molar-refractivity contribution in [2.45, 2.75) is 76.4 Å². The molecule has 1 heterocycles. The summed E-state index contributed by atoms with van der Waals surface area (Å²) < 4.78 is 0. The van der Waals surface area contributed by atoms with Crippen LogP contribution in [0.15, 0.2) is 83.9 Å². The summed E-state index contributed by atoms with van der Waals surface area (Å²) in [6, 6.07) is 20.4. The van der Waals surface area contributed by atoms with Gasteiger partial charge in [0.05, 0.1) is 38.1 Å². The number of nitrogens with zero attached hydrogens (tertiary/aromatic N) is 5. The van der Waals surface area contributed by atoms with Crippen LogP contribution in [-0.4, -0.2) is 229 Å². The number of nitrogens with two attached hydrogens (primary N) is 2. The number of amides is 7. The van der Waals surface area contributed by atoms with Crippen LogP contribution in [0.2, 0.25) is 0 Å². The first-order chi connectivity index (χ1) is 41.3. The lowest BCUT2D eigenvalue weighted by atomic mass is 9.90. The molecule has 1 aliphatic rings. The maximum Gasteiger partial charge on any atom is 0.344 e. The molecule has 3 aromatic rings. The average molecular weight is 1200 g/mol. The van der Waals surface area contributed by atoms with Crippen molar-refractivity contribution in [3.05, 3.63) is 95.6 Å². The van der Waals surface area contributed by atoms with E-state index in [0.717, 1.165) is 11.3 Å². The minimum Gasteiger partial charge on any atom is -0.508 e. The number of carboxylic acids is 3. The third kappa shape index (κ3) is 28.9. The lowest BCUT2D eigenvalue weighted by Crippen LogP contribution is -2.49. The highest BCUT2D eigenvalue weighted by Crippen LogP contribution is 2.27. The van der Waals surface area contributed by atoms with E-state index in [9.17, 15) is 63.6 Å². The van der Waals surface area contributed by atoms with E-state index in [1.54, 1.807) is 33.8 Å². The van der Waals surface area contributed by atoms with E-state index in [-0.39, 0.29) is 127 Å². The monoisotopic (exact) mass is 1200 g/mol. The van der Waals surface area contributed by atoms with Crippen molar-refractivity contribution >= 4 is 65.1 Å². The zero-order valence-electron chi connectivity index (χ0n) is 49.0. The summed E-state index contributed by atoms with van der Waals surface area (Å²) in [4.78, 5) is 123. The topological polar surface area (TPSA) is 408 Å². The van der Waals surface area contributed by atoms with Gasteiger partial charge in [-0.15, -0.1) is 0 Å². The number of rotatable bonds is 34. The molecule has 0 bridgehead atoms.